The van der Waals surface area contributed by atoms with E-state index in [9.17, 15) is 28.8 Å². The van der Waals surface area contributed by atoms with E-state index in [4.69, 9.17) is 0 Å². The zero-order valence-electron chi connectivity index (χ0n) is 18.3. The Morgan fingerprint density at radius 3 is 0.871 bits per heavy atom. The minimum Gasteiger partial charge on any atom is -0.461 e. The molecule has 0 fully saturated rings. The quantitative estimate of drug-likeness (QED) is 0.150. The van der Waals surface area contributed by atoms with Gasteiger partial charge in [-0.2, -0.15) is 0 Å². The molecule has 0 aromatic heterocycles. The third-order valence-electron chi connectivity index (χ3n) is 2.27. The van der Waals surface area contributed by atoms with E-state index in [1.807, 2.05) is 0 Å². The van der Waals surface area contributed by atoms with Gasteiger partial charge in [-0.15, -0.1) is 0 Å². The number of carbonyl (C=O) groups excluding carboxylic acids is 6. The zero-order valence-corrected chi connectivity index (χ0v) is 21.5. The molecular weight excluding hydrogens is 540 g/mol. The zero-order chi connectivity index (χ0) is 23.9. The van der Waals surface area contributed by atoms with Crippen molar-refractivity contribution >= 4 is 35.3 Å². The first-order valence-electron chi connectivity index (χ1n) is 8.77. The molecular formula is C21H30NdO9+3. The third kappa shape index (κ3) is 39.1. The molecule has 1 radical (unpaired) electrons. The first-order chi connectivity index (χ1) is 14.0. The summed E-state index contributed by atoms with van der Waals surface area (Å²) in [5.74, 6) is -2.04. The fourth-order valence-electron chi connectivity index (χ4n) is 1.22. The van der Waals surface area contributed by atoms with Gasteiger partial charge < -0.3 is 14.2 Å². The standard InChI is InChI=1S/3C7H10O3.Nd/c3*1-3-4-10-7(9)5-6(2)8;/h3*3H,1,4-5H2,2H3;/q;;;+3. The van der Waals surface area contributed by atoms with E-state index in [0.717, 1.165) is 0 Å². The van der Waals surface area contributed by atoms with Crippen LogP contribution in [0.1, 0.15) is 40.0 Å². The van der Waals surface area contributed by atoms with Gasteiger partial charge in [0.25, 0.3) is 0 Å². The van der Waals surface area contributed by atoms with Crippen LogP contribution in [-0.4, -0.2) is 55.1 Å². The fourth-order valence-corrected chi connectivity index (χ4v) is 1.22. The van der Waals surface area contributed by atoms with Crippen LogP contribution in [0.4, 0.5) is 0 Å². The molecule has 0 aliphatic carbocycles. The Labute approximate surface area is 215 Å². The number of carbonyl (C=O) groups is 6. The van der Waals surface area contributed by atoms with E-state index in [2.05, 4.69) is 33.9 Å². The van der Waals surface area contributed by atoms with Crippen LogP contribution in [0, 0.1) is 40.8 Å². The maximum atomic E-state index is 10.5. The Balaban J connectivity index is -0.000000174. The summed E-state index contributed by atoms with van der Waals surface area (Å²) < 4.78 is 13.6. The molecule has 0 aliphatic rings. The van der Waals surface area contributed by atoms with E-state index in [0.29, 0.717) is 0 Å². The number of hydrogen-bond acceptors (Lipinski definition) is 9. The summed E-state index contributed by atoms with van der Waals surface area (Å²) in [6.07, 6.45) is 3.93. The minimum atomic E-state index is -0.493. The number of Topliss-reactive ketones (excluding diaryl/α,β-unsaturated/α-hetero) is 3. The van der Waals surface area contributed by atoms with Gasteiger partial charge >= 0.3 is 58.7 Å². The maximum Gasteiger partial charge on any atom is 3.00 e. The minimum absolute atomic E-state index is 0. The summed E-state index contributed by atoms with van der Waals surface area (Å²) in [7, 11) is 0. The molecule has 0 bridgehead atoms. The van der Waals surface area contributed by atoms with Crippen molar-refractivity contribution in [2.75, 3.05) is 19.8 Å². The van der Waals surface area contributed by atoms with Gasteiger partial charge in [0.2, 0.25) is 0 Å². The van der Waals surface area contributed by atoms with Crippen molar-refractivity contribution in [1.29, 1.82) is 0 Å². The van der Waals surface area contributed by atoms with Crippen LogP contribution in [0.2, 0.25) is 0 Å². The Kier molecular flexibility index (Phi) is 30.5. The van der Waals surface area contributed by atoms with Crippen molar-refractivity contribution in [3.8, 4) is 0 Å². The molecule has 0 unspecified atom stereocenters. The van der Waals surface area contributed by atoms with Crippen LogP contribution in [-0.2, 0) is 43.0 Å². The predicted octanol–water partition coefficient (Wildman–Crippen LogP) is 2.08. The Morgan fingerprint density at radius 2 is 0.742 bits per heavy atom. The largest absolute Gasteiger partial charge is 3.00 e. The second-order valence-corrected chi connectivity index (χ2v) is 5.55. The SMILES string of the molecule is C=CCOC(=O)CC(C)=O.C=CCOC(=O)CC(C)=O.C=CCOC(=O)CC(C)=O.[Nd+3]. The van der Waals surface area contributed by atoms with Crippen LogP contribution >= 0.6 is 0 Å². The molecule has 0 spiro atoms. The fraction of sp³-hybridized carbons (Fsp3) is 0.429. The molecule has 0 saturated heterocycles. The van der Waals surface area contributed by atoms with Gasteiger partial charge in [-0.05, 0) is 20.8 Å². The van der Waals surface area contributed by atoms with Crippen molar-refractivity contribution < 1.29 is 83.8 Å². The monoisotopic (exact) mass is 568 g/mol. The Hall–Kier alpha value is -2.01. The molecule has 0 heterocycles. The van der Waals surface area contributed by atoms with Crippen molar-refractivity contribution in [2.45, 2.75) is 40.0 Å². The number of rotatable bonds is 12. The van der Waals surface area contributed by atoms with Gasteiger partial charge in [0.15, 0.2) is 0 Å². The number of ketones is 3. The summed E-state index contributed by atoms with van der Waals surface area (Å²) in [5.41, 5.74) is 0. The molecule has 10 heteroatoms. The molecule has 0 N–H and O–H groups in total. The number of esters is 3. The normalized spacial score (nSPS) is 8.23. The Morgan fingerprint density at radius 1 is 0.548 bits per heavy atom. The summed E-state index contributed by atoms with van der Waals surface area (Å²) in [5, 5.41) is 0. The van der Waals surface area contributed by atoms with Gasteiger partial charge in [0.05, 0.1) is 0 Å². The van der Waals surface area contributed by atoms with Crippen LogP contribution in [0.25, 0.3) is 0 Å². The molecule has 0 aliphatic heterocycles. The van der Waals surface area contributed by atoms with Crippen LogP contribution in [0.3, 0.4) is 0 Å². The number of hydrogen-bond donors (Lipinski definition) is 0. The summed E-state index contributed by atoms with van der Waals surface area (Å²) in [6, 6.07) is 0. The molecule has 9 nitrogen and oxygen atoms in total. The van der Waals surface area contributed by atoms with Gasteiger partial charge in [0.1, 0.15) is 56.4 Å². The second-order valence-electron chi connectivity index (χ2n) is 5.55. The van der Waals surface area contributed by atoms with Crippen LogP contribution < -0.4 is 0 Å². The van der Waals surface area contributed by atoms with E-state index >= 15 is 0 Å². The van der Waals surface area contributed by atoms with Crippen molar-refractivity contribution in [3.05, 3.63) is 38.0 Å². The summed E-state index contributed by atoms with van der Waals surface area (Å²) in [4.78, 5) is 62.4. The van der Waals surface area contributed by atoms with Gasteiger partial charge in [-0.1, -0.05) is 38.0 Å². The smallest absolute Gasteiger partial charge is 0.461 e. The molecule has 31 heavy (non-hydrogen) atoms. The maximum absolute atomic E-state index is 10.5. The van der Waals surface area contributed by atoms with Crippen LogP contribution in [0.15, 0.2) is 38.0 Å². The summed E-state index contributed by atoms with van der Waals surface area (Å²) in [6.45, 7) is 14.6. The van der Waals surface area contributed by atoms with Crippen molar-refractivity contribution in [2.24, 2.45) is 0 Å². The molecule has 0 aromatic rings. The van der Waals surface area contributed by atoms with Gasteiger partial charge in [-0.3, -0.25) is 28.8 Å². The first kappa shape index (κ1) is 36.4. The Bertz CT molecular complexity index is 539. The average molecular weight is 571 g/mol. The van der Waals surface area contributed by atoms with E-state index in [1.54, 1.807) is 0 Å². The first-order valence-corrected chi connectivity index (χ1v) is 8.77. The van der Waals surface area contributed by atoms with Gasteiger partial charge in [-0.25, -0.2) is 0 Å². The van der Waals surface area contributed by atoms with Crippen LogP contribution in [0.5, 0.6) is 0 Å². The van der Waals surface area contributed by atoms with E-state index in [1.165, 1.54) is 39.0 Å². The molecule has 0 saturated carbocycles. The summed E-state index contributed by atoms with van der Waals surface area (Å²) >= 11 is 0. The molecule has 0 aromatic carbocycles. The van der Waals surface area contributed by atoms with E-state index < -0.39 is 17.9 Å². The topological polar surface area (TPSA) is 130 Å². The van der Waals surface area contributed by atoms with Crippen molar-refractivity contribution in [3.63, 3.8) is 0 Å². The predicted molar refractivity (Wildman–Crippen MR) is 109 cm³/mol. The molecule has 0 rings (SSSR count). The van der Waals surface area contributed by atoms with Gasteiger partial charge in [0, 0.05) is 0 Å². The molecule has 169 valence electrons. The average Bonchev–Trinajstić information content (AvgIpc) is 2.62. The van der Waals surface area contributed by atoms with E-state index in [-0.39, 0.29) is 97.3 Å². The molecule has 0 amide bonds. The second kappa shape index (κ2) is 26.0. The van der Waals surface area contributed by atoms with Crippen molar-refractivity contribution in [1.82, 2.24) is 0 Å². The third-order valence-corrected chi connectivity index (χ3v) is 2.27. The molecule has 0 atom stereocenters. The number of ether oxygens (including phenoxy) is 3.